The molecular weight excluding hydrogens is 410 g/mol. The number of sulfonamides is 1. The number of primary sulfonamides is 1. The zero-order chi connectivity index (χ0) is 19.6. The summed E-state index contributed by atoms with van der Waals surface area (Å²) in [6.07, 6.45) is 1.88. The van der Waals surface area contributed by atoms with E-state index < -0.39 is 16.0 Å². The van der Waals surface area contributed by atoms with Crippen molar-refractivity contribution in [2.45, 2.75) is 37.8 Å². The fraction of sp³-hybridized carbons (Fsp3) is 0.294. The standard InChI is InChI=1S/C17H18ClN3O4S2/c1-2-3-8-21-13-5-4-11(27(19,23)24)9-12(13)20-16(21)10-25-17(22)14-6-7-15(18)26-14/h4-7,9H,2-3,8,10H2,1H3,(H2,19,23,24). The number of unbranched alkanes of at least 4 members (excludes halogenated alkanes) is 1. The minimum Gasteiger partial charge on any atom is -0.453 e. The summed E-state index contributed by atoms with van der Waals surface area (Å²) in [6, 6.07) is 7.78. The molecule has 0 amide bonds. The number of aromatic nitrogens is 2. The first kappa shape index (κ1) is 19.8. The van der Waals surface area contributed by atoms with Crippen LogP contribution in [0, 0.1) is 0 Å². The largest absolute Gasteiger partial charge is 0.453 e. The van der Waals surface area contributed by atoms with Crippen molar-refractivity contribution in [1.29, 1.82) is 0 Å². The van der Waals surface area contributed by atoms with Crippen LogP contribution in [-0.4, -0.2) is 23.9 Å². The Hall–Kier alpha value is -1.94. The quantitative estimate of drug-likeness (QED) is 0.580. The lowest BCUT2D eigenvalue weighted by atomic mass is 10.3. The van der Waals surface area contributed by atoms with E-state index in [2.05, 4.69) is 11.9 Å². The summed E-state index contributed by atoms with van der Waals surface area (Å²) in [5, 5.41) is 5.20. The highest BCUT2D eigenvalue weighted by Crippen LogP contribution is 2.24. The van der Waals surface area contributed by atoms with Gasteiger partial charge in [-0.25, -0.2) is 23.3 Å². The summed E-state index contributed by atoms with van der Waals surface area (Å²) in [7, 11) is -3.82. The molecule has 0 bridgehead atoms. The second-order valence-corrected chi connectivity index (χ2v) is 9.19. The monoisotopic (exact) mass is 427 g/mol. The highest BCUT2D eigenvalue weighted by atomic mass is 35.5. The van der Waals surface area contributed by atoms with Gasteiger partial charge in [0, 0.05) is 6.54 Å². The molecule has 2 heterocycles. The van der Waals surface area contributed by atoms with E-state index in [4.69, 9.17) is 21.5 Å². The number of imidazole rings is 1. The molecule has 0 fully saturated rings. The summed E-state index contributed by atoms with van der Waals surface area (Å²) in [5.74, 6) is 0.0623. The predicted molar refractivity (Wildman–Crippen MR) is 104 cm³/mol. The number of fused-ring (bicyclic) bond motifs is 1. The average Bonchev–Trinajstić information content (AvgIpc) is 3.20. The number of nitrogens with zero attached hydrogens (tertiary/aromatic N) is 2. The normalized spacial score (nSPS) is 11.8. The van der Waals surface area contributed by atoms with Gasteiger partial charge in [-0.3, -0.25) is 0 Å². The van der Waals surface area contributed by atoms with E-state index in [9.17, 15) is 13.2 Å². The molecule has 0 atom stereocenters. The van der Waals surface area contributed by atoms with Crippen molar-refractivity contribution < 1.29 is 17.9 Å². The molecule has 0 spiro atoms. The van der Waals surface area contributed by atoms with E-state index in [1.807, 2.05) is 4.57 Å². The van der Waals surface area contributed by atoms with Crippen molar-refractivity contribution in [3.63, 3.8) is 0 Å². The molecule has 0 saturated heterocycles. The molecule has 10 heteroatoms. The Bertz CT molecular complexity index is 1090. The summed E-state index contributed by atoms with van der Waals surface area (Å²) in [4.78, 5) is 17.0. The van der Waals surface area contributed by atoms with Crippen molar-refractivity contribution in [1.82, 2.24) is 9.55 Å². The maximum atomic E-state index is 12.2. The molecule has 27 heavy (non-hydrogen) atoms. The van der Waals surface area contributed by atoms with Gasteiger partial charge in [-0.05, 0) is 36.8 Å². The number of hydrogen-bond donors (Lipinski definition) is 1. The van der Waals surface area contributed by atoms with Crippen LogP contribution >= 0.6 is 22.9 Å². The van der Waals surface area contributed by atoms with Crippen molar-refractivity contribution in [3.8, 4) is 0 Å². The van der Waals surface area contributed by atoms with E-state index in [-0.39, 0.29) is 11.5 Å². The second-order valence-electron chi connectivity index (χ2n) is 5.91. The lowest BCUT2D eigenvalue weighted by Gasteiger charge is -2.09. The third-order valence-corrected chi connectivity index (χ3v) is 6.09. The highest BCUT2D eigenvalue weighted by Gasteiger charge is 2.17. The van der Waals surface area contributed by atoms with E-state index in [0.717, 1.165) is 29.7 Å². The van der Waals surface area contributed by atoms with E-state index in [1.165, 1.54) is 12.1 Å². The van der Waals surface area contributed by atoms with Gasteiger partial charge in [-0.15, -0.1) is 11.3 Å². The van der Waals surface area contributed by atoms with Crippen LogP contribution in [0.15, 0.2) is 35.2 Å². The third-order valence-electron chi connectivity index (χ3n) is 3.97. The molecule has 0 aliphatic rings. The molecule has 7 nitrogen and oxygen atoms in total. The Labute approximate surface area is 165 Å². The van der Waals surface area contributed by atoms with Crippen LogP contribution in [0.2, 0.25) is 4.34 Å². The summed E-state index contributed by atoms with van der Waals surface area (Å²) < 4.78 is 31.0. The summed E-state index contributed by atoms with van der Waals surface area (Å²) >= 11 is 6.99. The first-order valence-corrected chi connectivity index (χ1v) is 11.0. The van der Waals surface area contributed by atoms with Gasteiger partial charge in [-0.1, -0.05) is 24.9 Å². The zero-order valence-corrected chi connectivity index (χ0v) is 16.9. The van der Waals surface area contributed by atoms with E-state index >= 15 is 0 Å². The Morgan fingerprint density at radius 2 is 2.11 bits per heavy atom. The van der Waals surface area contributed by atoms with Crippen molar-refractivity contribution in [3.05, 3.63) is 45.4 Å². The zero-order valence-electron chi connectivity index (χ0n) is 14.5. The number of thiophene rings is 1. The topological polar surface area (TPSA) is 104 Å². The number of esters is 1. The Kier molecular flexibility index (Phi) is 5.85. The number of benzene rings is 1. The maximum absolute atomic E-state index is 12.2. The number of rotatable bonds is 7. The number of carbonyl (C=O) groups excluding carboxylic acids is 1. The van der Waals surface area contributed by atoms with Gasteiger partial charge in [-0.2, -0.15) is 0 Å². The van der Waals surface area contributed by atoms with Gasteiger partial charge in [0.25, 0.3) is 0 Å². The molecule has 0 saturated carbocycles. The number of carbonyl (C=O) groups is 1. The molecular formula is C17H18ClN3O4S2. The fourth-order valence-corrected chi connectivity index (χ4v) is 4.11. The molecule has 0 radical (unpaired) electrons. The number of ether oxygens (including phenoxy) is 1. The summed E-state index contributed by atoms with van der Waals surface area (Å²) in [6.45, 7) is 2.72. The minimum absolute atomic E-state index is 0.00749. The Balaban J connectivity index is 1.91. The van der Waals surface area contributed by atoms with Crippen molar-refractivity contribution in [2.75, 3.05) is 0 Å². The smallest absolute Gasteiger partial charge is 0.348 e. The number of aryl methyl sites for hydroxylation is 1. The number of hydrogen-bond acceptors (Lipinski definition) is 6. The van der Waals surface area contributed by atoms with Gasteiger partial charge >= 0.3 is 5.97 Å². The number of halogens is 1. The number of nitrogens with two attached hydrogens (primary N) is 1. The van der Waals surface area contributed by atoms with Gasteiger partial charge < -0.3 is 9.30 Å². The van der Waals surface area contributed by atoms with E-state index in [1.54, 1.807) is 18.2 Å². The van der Waals surface area contributed by atoms with Crippen LogP contribution in [0.1, 0.15) is 35.3 Å². The average molecular weight is 428 g/mol. The first-order chi connectivity index (χ1) is 12.8. The van der Waals surface area contributed by atoms with Crippen LogP contribution in [0.25, 0.3) is 11.0 Å². The fourth-order valence-electron chi connectivity index (χ4n) is 2.64. The SMILES string of the molecule is CCCCn1c(COC(=O)c2ccc(Cl)s2)nc2cc(S(N)(=O)=O)ccc21. The molecule has 0 aliphatic heterocycles. The van der Waals surface area contributed by atoms with Crippen molar-refractivity contribution in [2.24, 2.45) is 5.14 Å². The molecule has 0 aliphatic carbocycles. The molecule has 2 aromatic heterocycles. The highest BCUT2D eigenvalue weighted by molar-refractivity contribution is 7.89. The van der Waals surface area contributed by atoms with Gasteiger partial charge in [0.05, 0.1) is 20.3 Å². The molecule has 1 aromatic carbocycles. The Morgan fingerprint density at radius 3 is 2.74 bits per heavy atom. The molecule has 0 unspecified atom stereocenters. The van der Waals surface area contributed by atoms with Gasteiger partial charge in [0.15, 0.2) is 0 Å². The van der Waals surface area contributed by atoms with Crippen LogP contribution in [0.3, 0.4) is 0 Å². The lowest BCUT2D eigenvalue weighted by molar-refractivity contribution is 0.0464. The summed E-state index contributed by atoms with van der Waals surface area (Å²) in [5.41, 5.74) is 1.25. The molecule has 2 N–H and O–H groups in total. The van der Waals surface area contributed by atoms with Crippen LogP contribution < -0.4 is 5.14 Å². The molecule has 3 aromatic rings. The second kappa shape index (κ2) is 7.97. The Morgan fingerprint density at radius 1 is 1.33 bits per heavy atom. The van der Waals surface area contributed by atoms with Crippen LogP contribution in [0.4, 0.5) is 0 Å². The lowest BCUT2D eigenvalue weighted by Crippen LogP contribution is -2.12. The first-order valence-electron chi connectivity index (χ1n) is 8.24. The molecule has 3 rings (SSSR count). The maximum Gasteiger partial charge on any atom is 0.348 e. The predicted octanol–water partition coefficient (Wildman–Crippen LogP) is 3.56. The van der Waals surface area contributed by atoms with Crippen LogP contribution in [-0.2, 0) is 27.9 Å². The van der Waals surface area contributed by atoms with Crippen molar-refractivity contribution >= 4 is 50.0 Å². The minimum atomic E-state index is -3.82. The third kappa shape index (κ3) is 4.49. The molecule has 144 valence electrons. The van der Waals surface area contributed by atoms with Crippen LogP contribution in [0.5, 0.6) is 0 Å². The van der Waals surface area contributed by atoms with Gasteiger partial charge in [0.1, 0.15) is 17.3 Å². The van der Waals surface area contributed by atoms with Gasteiger partial charge in [0.2, 0.25) is 10.0 Å². The van der Waals surface area contributed by atoms with E-state index in [0.29, 0.717) is 27.1 Å².